The molecule has 1 fully saturated rings. The monoisotopic (exact) mass is 271 g/mol. The molecule has 0 aliphatic carbocycles. The van der Waals surface area contributed by atoms with E-state index in [1.165, 1.54) is 19.5 Å². The van der Waals surface area contributed by atoms with Gasteiger partial charge in [0.25, 0.3) is 0 Å². The predicted octanol–water partition coefficient (Wildman–Crippen LogP) is 0.411. The van der Waals surface area contributed by atoms with Crippen LogP contribution in [0.3, 0.4) is 0 Å². The molecule has 5 nitrogen and oxygen atoms in total. The van der Waals surface area contributed by atoms with Crippen molar-refractivity contribution in [3.05, 3.63) is 0 Å². The molecular weight excluding hydrogens is 242 g/mol. The number of likely N-dealkylation sites (N-methyl/N-ethyl adjacent to an activating group) is 1. The van der Waals surface area contributed by atoms with E-state index in [-0.39, 0.29) is 12.0 Å². The zero-order chi connectivity index (χ0) is 14.3. The predicted molar refractivity (Wildman–Crippen MR) is 77.2 cm³/mol. The van der Waals surface area contributed by atoms with Gasteiger partial charge in [0.2, 0.25) is 0 Å². The summed E-state index contributed by atoms with van der Waals surface area (Å²) in [6, 6.07) is -0.186. The Kier molecular flexibility index (Phi) is 7.34. The van der Waals surface area contributed by atoms with E-state index in [2.05, 4.69) is 29.2 Å². The molecule has 1 aliphatic heterocycles. The van der Waals surface area contributed by atoms with Gasteiger partial charge in [-0.1, -0.05) is 0 Å². The van der Waals surface area contributed by atoms with Crippen molar-refractivity contribution in [1.82, 2.24) is 15.1 Å². The lowest BCUT2D eigenvalue weighted by Gasteiger charge is -2.23. The number of hydrogen-bond acceptors (Lipinski definition) is 5. The Balaban J connectivity index is 2.24. The Bertz CT molecular complexity index is 273. The summed E-state index contributed by atoms with van der Waals surface area (Å²) in [6.07, 6.45) is 2.09. The van der Waals surface area contributed by atoms with Crippen LogP contribution in [0.25, 0.3) is 0 Å². The molecule has 0 aromatic rings. The number of nitrogens with zero attached hydrogens (tertiary/aromatic N) is 2. The van der Waals surface area contributed by atoms with Crippen molar-refractivity contribution in [3.63, 3.8) is 0 Å². The van der Waals surface area contributed by atoms with Crippen molar-refractivity contribution < 1.29 is 9.53 Å². The Morgan fingerprint density at radius 1 is 1.58 bits per heavy atom. The minimum atomic E-state index is -0.186. The molecule has 0 amide bonds. The van der Waals surface area contributed by atoms with Crippen LogP contribution in [0.1, 0.15) is 19.8 Å². The highest BCUT2D eigenvalue weighted by Crippen LogP contribution is 2.15. The third-order valence-electron chi connectivity index (χ3n) is 3.78. The summed E-state index contributed by atoms with van der Waals surface area (Å²) < 4.78 is 5.05. The molecule has 0 spiro atoms. The van der Waals surface area contributed by atoms with Crippen molar-refractivity contribution >= 4 is 5.97 Å². The summed E-state index contributed by atoms with van der Waals surface area (Å²) >= 11 is 0. The van der Waals surface area contributed by atoms with Crippen LogP contribution >= 0.6 is 0 Å². The maximum atomic E-state index is 11.7. The van der Waals surface area contributed by atoms with Crippen molar-refractivity contribution in [2.75, 3.05) is 53.9 Å². The minimum absolute atomic E-state index is 0.140. The topological polar surface area (TPSA) is 44.8 Å². The molecule has 1 heterocycles. The molecule has 1 N–H and O–H groups in total. The van der Waals surface area contributed by atoms with Gasteiger partial charge in [-0.3, -0.25) is 4.79 Å². The van der Waals surface area contributed by atoms with E-state index in [0.717, 1.165) is 25.4 Å². The molecule has 2 unspecified atom stereocenters. The zero-order valence-corrected chi connectivity index (χ0v) is 12.8. The van der Waals surface area contributed by atoms with Crippen LogP contribution in [-0.4, -0.2) is 75.7 Å². The van der Waals surface area contributed by atoms with Crippen LogP contribution in [0.5, 0.6) is 0 Å². The number of ether oxygens (including phenoxy) is 1. The summed E-state index contributed by atoms with van der Waals surface area (Å²) in [5.74, 6) is 0.629. The Labute approximate surface area is 117 Å². The first-order valence-corrected chi connectivity index (χ1v) is 7.27. The van der Waals surface area contributed by atoms with Crippen molar-refractivity contribution in [2.24, 2.45) is 5.92 Å². The quantitative estimate of drug-likeness (QED) is 0.648. The van der Waals surface area contributed by atoms with E-state index in [9.17, 15) is 4.79 Å². The molecule has 112 valence electrons. The summed E-state index contributed by atoms with van der Waals surface area (Å²) in [7, 11) is 6.13. The van der Waals surface area contributed by atoms with Gasteiger partial charge in [-0.15, -0.1) is 0 Å². The lowest BCUT2D eigenvalue weighted by Crippen LogP contribution is -2.39. The fourth-order valence-corrected chi connectivity index (χ4v) is 2.68. The third-order valence-corrected chi connectivity index (χ3v) is 3.78. The lowest BCUT2D eigenvalue weighted by molar-refractivity contribution is -0.145. The number of esters is 1. The van der Waals surface area contributed by atoms with Crippen molar-refractivity contribution in [3.8, 4) is 0 Å². The lowest BCUT2D eigenvalue weighted by atomic mass is 10.1. The van der Waals surface area contributed by atoms with Gasteiger partial charge >= 0.3 is 5.97 Å². The molecule has 0 bridgehead atoms. The molecule has 1 saturated heterocycles. The average molecular weight is 271 g/mol. The van der Waals surface area contributed by atoms with Gasteiger partial charge in [-0.2, -0.15) is 0 Å². The maximum absolute atomic E-state index is 11.7. The van der Waals surface area contributed by atoms with Crippen LogP contribution in [0.2, 0.25) is 0 Å². The summed E-state index contributed by atoms with van der Waals surface area (Å²) in [6.45, 7) is 6.72. The number of hydrogen-bond donors (Lipinski definition) is 1. The van der Waals surface area contributed by atoms with Gasteiger partial charge in [0.05, 0.1) is 6.61 Å². The Morgan fingerprint density at radius 3 is 2.84 bits per heavy atom. The fraction of sp³-hybridized carbons (Fsp3) is 0.929. The fourth-order valence-electron chi connectivity index (χ4n) is 2.68. The second-order valence-electron chi connectivity index (χ2n) is 5.56. The second kappa shape index (κ2) is 8.51. The van der Waals surface area contributed by atoms with Gasteiger partial charge in [0, 0.05) is 13.1 Å². The minimum Gasteiger partial charge on any atom is -0.465 e. The van der Waals surface area contributed by atoms with E-state index in [0.29, 0.717) is 6.61 Å². The largest absolute Gasteiger partial charge is 0.465 e. The highest BCUT2D eigenvalue weighted by Gasteiger charge is 2.22. The normalized spacial score (nSPS) is 21.8. The first-order valence-electron chi connectivity index (χ1n) is 7.27. The van der Waals surface area contributed by atoms with E-state index in [1.807, 2.05) is 14.0 Å². The molecule has 1 rings (SSSR count). The van der Waals surface area contributed by atoms with Gasteiger partial charge in [0.1, 0.15) is 6.04 Å². The Hall–Kier alpha value is -0.650. The van der Waals surface area contributed by atoms with Crippen molar-refractivity contribution in [1.29, 1.82) is 0 Å². The van der Waals surface area contributed by atoms with E-state index in [4.69, 9.17) is 4.74 Å². The Morgan fingerprint density at radius 2 is 2.32 bits per heavy atom. The number of nitrogens with one attached hydrogen (secondary N) is 1. The number of carbonyl (C=O) groups is 1. The zero-order valence-electron chi connectivity index (χ0n) is 12.8. The molecule has 0 aromatic heterocycles. The van der Waals surface area contributed by atoms with Crippen molar-refractivity contribution in [2.45, 2.75) is 25.8 Å². The van der Waals surface area contributed by atoms with Gasteiger partial charge < -0.3 is 19.9 Å². The first kappa shape index (κ1) is 16.4. The smallest absolute Gasteiger partial charge is 0.323 e. The standard InChI is InChI=1S/C14H29N3O2/c1-5-19-14(18)13(15-2)7-9-17(4)11-12-6-8-16(3)10-12/h12-13,15H,5-11H2,1-4H3. The summed E-state index contributed by atoms with van der Waals surface area (Å²) in [4.78, 5) is 16.4. The molecule has 0 radical (unpaired) electrons. The van der Waals surface area contributed by atoms with Gasteiger partial charge in [-0.05, 0) is 59.9 Å². The number of rotatable bonds is 8. The molecule has 19 heavy (non-hydrogen) atoms. The SMILES string of the molecule is CCOC(=O)C(CCN(C)CC1CCN(C)C1)NC. The highest BCUT2D eigenvalue weighted by atomic mass is 16.5. The van der Waals surface area contributed by atoms with Crippen LogP contribution < -0.4 is 5.32 Å². The summed E-state index contributed by atoms with van der Waals surface area (Å²) in [5.41, 5.74) is 0. The van der Waals surface area contributed by atoms with Crippen LogP contribution in [-0.2, 0) is 9.53 Å². The highest BCUT2D eigenvalue weighted by molar-refractivity contribution is 5.75. The molecule has 1 aliphatic rings. The number of likely N-dealkylation sites (tertiary alicyclic amines) is 1. The van der Waals surface area contributed by atoms with Crippen LogP contribution in [0.4, 0.5) is 0 Å². The van der Waals surface area contributed by atoms with Crippen LogP contribution in [0, 0.1) is 5.92 Å². The average Bonchev–Trinajstić information content (AvgIpc) is 2.75. The van der Waals surface area contributed by atoms with Gasteiger partial charge in [-0.25, -0.2) is 0 Å². The van der Waals surface area contributed by atoms with E-state index >= 15 is 0 Å². The summed E-state index contributed by atoms with van der Waals surface area (Å²) in [5, 5.41) is 3.03. The van der Waals surface area contributed by atoms with Gasteiger partial charge in [0.15, 0.2) is 0 Å². The molecule has 5 heteroatoms. The first-order chi connectivity index (χ1) is 9.06. The molecule has 2 atom stereocenters. The maximum Gasteiger partial charge on any atom is 0.323 e. The van der Waals surface area contributed by atoms with Crippen LogP contribution in [0.15, 0.2) is 0 Å². The molecule has 0 aromatic carbocycles. The molecule has 0 saturated carbocycles. The second-order valence-corrected chi connectivity index (χ2v) is 5.56. The molecular formula is C14H29N3O2. The van der Waals surface area contributed by atoms with E-state index in [1.54, 1.807) is 0 Å². The van der Waals surface area contributed by atoms with E-state index < -0.39 is 0 Å². The third kappa shape index (κ3) is 5.89. The number of carbonyl (C=O) groups excluding carboxylic acids is 1.